The Morgan fingerprint density at radius 1 is 1.47 bits per heavy atom. The Morgan fingerprint density at radius 3 is 2.76 bits per heavy atom. The Bertz CT molecular complexity index is 357. The van der Waals surface area contributed by atoms with Gasteiger partial charge < -0.3 is 10.6 Å². The summed E-state index contributed by atoms with van der Waals surface area (Å²) >= 11 is 1.81. The van der Waals surface area contributed by atoms with Crippen molar-refractivity contribution in [3.63, 3.8) is 0 Å². The molecule has 96 valence electrons. The van der Waals surface area contributed by atoms with E-state index in [1.165, 1.54) is 6.07 Å². The number of hydrogen-bond donors (Lipinski definition) is 1. The van der Waals surface area contributed by atoms with E-state index in [1.54, 1.807) is 6.07 Å². The summed E-state index contributed by atoms with van der Waals surface area (Å²) in [5.41, 5.74) is 7.64. The highest BCUT2D eigenvalue weighted by molar-refractivity contribution is 7.98. The lowest BCUT2D eigenvalue weighted by molar-refractivity contribution is 0.624. The van der Waals surface area contributed by atoms with Crippen LogP contribution in [0.3, 0.4) is 0 Å². The summed E-state index contributed by atoms with van der Waals surface area (Å²) in [6, 6.07) is 5.37. The normalized spacial score (nSPS) is 12.5. The fourth-order valence-electron chi connectivity index (χ4n) is 1.84. The van der Waals surface area contributed by atoms with Gasteiger partial charge in [0.2, 0.25) is 0 Å². The van der Waals surface area contributed by atoms with E-state index in [9.17, 15) is 4.39 Å². The van der Waals surface area contributed by atoms with Crippen LogP contribution in [0.5, 0.6) is 0 Å². The first-order chi connectivity index (χ1) is 8.10. The van der Waals surface area contributed by atoms with Crippen LogP contribution in [0.2, 0.25) is 0 Å². The highest BCUT2D eigenvalue weighted by atomic mass is 32.2. The van der Waals surface area contributed by atoms with Crippen LogP contribution >= 0.6 is 11.8 Å². The Morgan fingerprint density at radius 2 is 2.18 bits per heavy atom. The van der Waals surface area contributed by atoms with Gasteiger partial charge in [-0.15, -0.1) is 0 Å². The minimum atomic E-state index is -0.192. The fraction of sp³-hybridized carbons (Fsp3) is 0.538. The molecule has 1 atom stereocenters. The van der Waals surface area contributed by atoms with Gasteiger partial charge in [-0.2, -0.15) is 11.8 Å². The Labute approximate surface area is 107 Å². The molecule has 2 nitrogen and oxygen atoms in total. The Balaban J connectivity index is 2.94. The van der Waals surface area contributed by atoms with Crippen molar-refractivity contribution in [1.82, 2.24) is 0 Å². The maximum absolute atomic E-state index is 13.2. The van der Waals surface area contributed by atoms with Gasteiger partial charge in [0.1, 0.15) is 5.82 Å². The van der Waals surface area contributed by atoms with E-state index < -0.39 is 0 Å². The minimum Gasteiger partial charge on any atom is -0.371 e. The number of halogens is 1. The maximum atomic E-state index is 13.2. The minimum absolute atomic E-state index is 0.192. The molecule has 0 spiro atoms. The molecular formula is C13H21FN2S. The first-order valence-electron chi connectivity index (χ1n) is 5.80. The second-order valence-corrected chi connectivity index (χ2v) is 5.14. The topological polar surface area (TPSA) is 29.3 Å². The predicted octanol–water partition coefficient (Wildman–Crippen LogP) is 2.51. The average Bonchev–Trinajstić information content (AvgIpc) is 2.29. The van der Waals surface area contributed by atoms with Crippen molar-refractivity contribution in [1.29, 1.82) is 0 Å². The number of benzene rings is 1. The summed E-state index contributed by atoms with van der Waals surface area (Å²) < 4.78 is 13.2. The van der Waals surface area contributed by atoms with Gasteiger partial charge in [-0.05, 0) is 49.9 Å². The van der Waals surface area contributed by atoms with Crippen LogP contribution < -0.4 is 10.6 Å². The van der Waals surface area contributed by atoms with Gasteiger partial charge in [-0.3, -0.25) is 0 Å². The van der Waals surface area contributed by atoms with Crippen LogP contribution in [0.1, 0.15) is 12.5 Å². The number of nitrogens with two attached hydrogens (primary N) is 1. The van der Waals surface area contributed by atoms with Crippen molar-refractivity contribution < 1.29 is 4.39 Å². The molecule has 1 aromatic carbocycles. The molecule has 2 N–H and O–H groups in total. The SMILES string of the molecule is CSCC(C)N(C)c1ccc(F)cc1CCN. The molecule has 17 heavy (non-hydrogen) atoms. The standard InChI is InChI=1S/C13H21FN2S/c1-10(9-17-3)16(2)13-5-4-12(14)8-11(13)6-7-15/h4-5,8,10H,6-7,9,15H2,1-3H3. The molecule has 0 aliphatic carbocycles. The first kappa shape index (κ1) is 14.3. The molecule has 0 bridgehead atoms. The van der Waals surface area contributed by atoms with Crippen LogP contribution in [0.15, 0.2) is 18.2 Å². The zero-order valence-electron chi connectivity index (χ0n) is 10.7. The van der Waals surface area contributed by atoms with Gasteiger partial charge >= 0.3 is 0 Å². The molecule has 0 saturated carbocycles. The van der Waals surface area contributed by atoms with E-state index >= 15 is 0 Å². The molecule has 0 aliphatic heterocycles. The van der Waals surface area contributed by atoms with Crippen molar-refractivity contribution in [2.75, 3.05) is 30.5 Å². The van der Waals surface area contributed by atoms with Crippen molar-refractivity contribution in [3.8, 4) is 0 Å². The van der Waals surface area contributed by atoms with E-state index in [-0.39, 0.29) is 5.82 Å². The third-order valence-corrected chi connectivity index (χ3v) is 3.72. The highest BCUT2D eigenvalue weighted by Gasteiger charge is 2.13. The van der Waals surface area contributed by atoms with Crippen LogP contribution in [-0.2, 0) is 6.42 Å². The summed E-state index contributed by atoms with van der Waals surface area (Å²) in [5, 5.41) is 0. The smallest absolute Gasteiger partial charge is 0.123 e. The quantitative estimate of drug-likeness (QED) is 0.848. The third-order valence-electron chi connectivity index (χ3n) is 2.90. The Kier molecular flexibility index (Phi) is 5.78. The number of thioether (sulfide) groups is 1. The Hall–Kier alpha value is -0.740. The molecule has 1 aromatic rings. The van der Waals surface area contributed by atoms with Crippen molar-refractivity contribution in [3.05, 3.63) is 29.6 Å². The monoisotopic (exact) mass is 256 g/mol. The van der Waals surface area contributed by atoms with Gasteiger partial charge in [-0.25, -0.2) is 4.39 Å². The van der Waals surface area contributed by atoms with E-state index in [1.807, 2.05) is 24.9 Å². The zero-order chi connectivity index (χ0) is 12.8. The van der Waals surface area contributed by atoms with Gasteiger partial charge in [-0.1, -0.05) is 0 Å². The largest absolute Gasteiger partial charge is 0.371 e. The molecule has 1 rings (SSSR count). The molecule has 1 unspecified atom stereocenters. The molecular weight excluding hydrogens is 235 g/mol. The second-order valence-electron chi connectivity index (χ2n) is 4.23. The molecule has 4 heteroatoms. The number of hydrogen-bond acceptors (Lipinski definition) is 3. The highest BCUT2D eigenvalue weighted by Crippen LogP contribution is 2.23. The lowest BCUT2D eigenvalue weighted by Crippen LogP contribution is -2.31. The molecule has 0 aliphatic rings. The molecule has 0 saturated heterocycles. The molecule has 0 amide bonds. The van der Waals surface area contributed by atoms with Crippen molar-refractivity contribution in [2.24, 2.45) is 5.73 Å². The van der Waals surface area contributed by atoms with E-state index in [0.717, 1.165) is 17.0 Å². The van der Waals surface area contributed by atoms with Gasteiger partial charge in [0.25, 0.3) is 0 Å². The van der Waals surface area contributed by atoms with Crippen LogP contribution in [0, 0.1) is 5.82 Å². The second kappa shape index (κ2) is 6.87. The van der Waals surface area contributed by atoms with Crippen LogP contribution in [0.25, 0.3) is 0 Å². The number of anilines is 1. The molecule has 0 aromatic heterocycles. The maximum Gasteiger partial charge on any atom is 0.123 e. The zero-order valence-corrected chi connectivity index (χ0v) is 11.6. The lowest BCUT2D eigenvalue weighted by atomic mass is 10.1. The molecule has 0 fully saturated rings. The van der Waals surface area contributed by atoms with Crippen molar-refractivity contribution in [2.45, 2.75) is 19.4 Å². The van der Waals surface area contributed by atoms with Crippen molar-refractivity contribution >= 4 is 17.4 Å². The van der Waals surface area contributed by atoms with E-state index in [0.29, 0.717) is 19.0 Å². The van der Waals surface area contributed by atoms with Gasteiger partial charge in [0.05, 0.1) is 0 Å². The van der Waals surface area contributed by atoms with Crippen LogP contribution in [0.4, 0.5) is 10.1 Å². The molecule has 0 radical (unpaired) electrons. The summed E-state index contributed by atoms with van der Waals surface area (Å²) in [6.07, 6.45) is 2.80. The van der Waals surface area contributed by atoms with Crippen LogP contribution in [-0.4, -0.2) is 31.6 Å². The first-order valence-corrected chi connectivity index (χ1v) is 7.19. The average molecular weight is 256 g/mol. The number of nitrogens with zero attached hydrogens (tertiary/aromatic N) is 1. The third kappa shape index (κ3) is 3.89. The van der Waals surface area contributed by atoms with E-state index in [4.69, 9.17) is 5.73 Å². The summed E-state index contributed by atoms with van der Waals surface area (Å²) in [4.78, 5) is 2.20. The van der Waals surface area contributed by atoms with Gasteiger partial charge in [0, 0.05) is 24.5 Å². The van der Waals surface area contributed by atoms with Gasteiger partial charge in [0.15, 0.2) is 0 Å². The predicted molar refractivity (Wildman–Crippen MR) is 75.4 cm³/mol. The summed E-state index contributed by atoms with van der Waals surface area (Å²) in [5.74, 6) is 0.860. The molecule has 0 heterocycles. The fourth-order valence-corrected chi connectivity index (χ4v) is 2.55. The summed E-state index contributed by atoms with van der Waals surface area (Å²) in [6.45, 7) is 2.72. The number of rotatable bonds is 6. The summed E-state index contributed by atoms with van der Waals surface area (Å²) in [7, 11) is 2.05. The van der Waals surface area contributed by atoms with E-state index in [2.05, 4.69) is 18.1 Å². The lowest BCUT2D eigenvalue weighted by Gasteiger charge is -2.28.